The van der Waals surface area contributed by atoms with Crippen LogP contribution in [0.1, 0.15) is 0 Å². The van der Waals surface area contributed by atoms with Gasteiger partial charge in [0.15, 0.2) is 17.5 Å². The molecule has 0 unspecified atom stereocenters. The molecular weight excluding hydrogens is 993 g/mol. The molecule has 0 atom stereocenters. The number of para-hydroxylation sites is 5. The van der Waals surface area contributed by atoms with Crippen LogP contribution in [0.2, 0.25) is 0 Å². The normalized spacial score (nSPS) is 12.0. The number of rotatable bonds is 7. The maximum Gasteiger partial charge on any atom is 0.164 e. The molecule has 6 nitrogen and oxygen atoms in total. The molecule has 80 heavy (non-hydrogen) atoms. The molecule has 0 radical (unpaired) electrons. The minimum atomic E-state index is 0.590. The molecule has 0 aliphatic rings. The summed E-state index contributed by atoms with van der Waals surface area (Å²) in [5, 5.41) is 11.9. The van der Waals surface area contributed by atoms with Crippen molar-refractivity contribution in [1.82, 2.24) is 28.7 Å². The van der Waals surface area contributed by atoms with E-state index in [-0.39, 0.29) is 0 Å². The molecule has 0 aliphatic heterocycles. The topological polar surface area (TPSA) is 53.5 Å². The highest BCUT2D eigenvalue weighted by Gasteiger charge is 2.23. The fraction of sp³-hybridized carbons (Fsp3) is 0. The van der Waals surface area contributed by atoms with Crippen molar-refractivity contribution in [3.8, 4) is 62.4 Å². The molecule has 12 aromatic carbocycles. The molecule has 372 valence electrons. The third kappa shape index (κ3) is 6.81. The van der Waals surface area contributed by atoms with Gasteiger partial charge < -0.3 is 13.7 Å². The summed E-state index contributed by atoms with van der Waals surface area (Å²) < 4.78 is 9.66. The Morgan fingerprint density at radius 3 is 1.29 bits per heavy atom. The van der Waals surface area contributed by atoms with Crippen molar-refractivity contribution in [2.24, 2.45) is 0 Å². The summed E-state index contributed by atoms with van der Waals surface area (Å²) in [7, 11) is 0. The Hall–Kier alpha value is -10.5. The molecule has 0 N–H and O–H groups in total. The maximum absolute atomic E-state index is 5.53. The van der Waals surface area contributed by atoms with E-state index in [2.05, 4.69) is 281 Å². The number of nitrogens with zero attached hydrogens (tertiary/aromatic N) is 6. The second-order valence-corrected chi connectivity index (χ2v) is 21.8. The third-order valence-electron chi connectivity index (χ3n) is 16.3. The van der Waals surface area contributed by atoms with Gasteiger partial charge in [-0.15, -0.1) is 11.3 Å². The Morgan fingerprint density at radius 1 is 0.263 bits per heavy atom. The average Bonchev–Trinajstić information content (AvgIpc) is 4.37. The predicted octanol–water partition coefficient (Wildman–Crippen LogP) is 19.4. The van der Waals surface area contributed by atoms with Crippen LogP contribution in [0, 0.1) is 0 Å². The third-order valence-corrected chi connectivity index (χ3v) is 17.4. The van der Waals surface area contributed by atoms with Crippen LogP contribution in [-0.2, 0) is 0 Å². The molecule has 7 heteroatoms. The monoisotopic (exact) mass is 1040 g/mol. The van der Waals surface area contributed by atoms with Crippen molar-refractivity contribution in [1.29, 1.82) is 0 Å². The number of fused-ring (bicyclic) bond motifs is 13. The van der Waals surface area contributed by atoms with Gasteiger partial charge in [0.05, 0.1) is 38.8 Å². The zero-order valence-electron chi connectivity index (χ0n) is 43.0. The molecule has 17 rings (SSSR count). The van der Waals surface area contributed by atoms with Crippen molar-refractivity contribution in [3.05, 3.63) is 267 Å². The van der Waals surface area contributed by atoms with Crippen LogP contribution in [0.3, 0.4) is 0 Å². The van der Waals surface area contributed by atoms with Crippen LogP contribution < -0.4 is 0 Å². The summed E-state index contributed by atoms with van der Waals surface area (Å²) in [6.45, 7) is 0. The van der Waals surface area contributed by atoms with Gasteiger partial charge >= 0.3 is 0 Å². The molecule has 0 saturated heterocycles. The molecule has 5 aromatic heterocycles. The fourth-order valence-corrected chi connectivity index (χ4v) is 13.8. The van der Waals surface area contributed by atoms with E-state index >= 15 is 0 Å². The summed E-state index contributed by atoms with van der Waals surface area (Å²) in [6, 6.07) is 96.4. The number of hydrogen-bond acceptors (Lipinski definition) is 4. The van der Waals surface area contributed by atoms with Gasteiger partial charge in [-0.05, 0) is 138 Å². The fourth-order valence-electron chi connectivity index (χ4n) is 12.7. The van der Waals surface area contributed by atoms with Gasteiger partial charge in [-0.1, -0.05) is 146 Å². The van der Waals surface area contributed by atoms with E-state index in [1.54, 1.807) is 0 Å². The second kappa shape index (κ2) is 17.5. The van der Waals surface area contributed by atoms with E-state index in [0.29, 0.717) is 17.5 Å². The molecule has 0 amide bonds. The Kier molecular flexibility index (Phi) is 9.78. The minimum Gasteiger partial charge on any atom is -0.309 e. The second-order valence-electron chi connectivity index (χ2n) is 20.7. The first-order valence-corrected chi connectivity index (χ1v) is 27.9. The molecule has 0 bridgehead atoms. The summed E-state index contributed by atoms with van der Waals surface area (Å²) in [5.41, 5.74) is 15.0. The van der Waals surface area contributed by atoms with E-state index in [1.807, 2.05) is 11.3 Å². The quantitative estimate of drug-likeness (QED) is 0.160. The molecular formula is C73H44N6S. The largest absolute Gasteiger partial charge is 0.309 e. The van der Waals surface area contributed by atoms with Gasteiger partial charge in [0, 0.05) is 86.1 Å². The molecule has 17 aromatic rings. The van der Waals surface area contributed by atoms with Gasteiger partial charge in [-0.2, -0.15) is 0 Å². The first kappa shape index (κ1) is 44.6. The van der Waals surface area contributed by atoms with Crippen LogP contribution in [-0.4, -0.2) is 28.7 Å². The number of aromatic nitrogens is 6. The van der Waals surface area contributed by atoms with E-state index in [9.17, 15) is 0 Å². The van der Waals surface area contributed by atoms with Gasteiger partial charge in [0.1, 0.15) is 0 Å². The lowest BCUT2D eigenvalue weighted by Gasteiger charge is -2.17. The van der Waals surface area contributed by atoms with Gasteiger partial charge in [-0.3, -0.25) is 0 Å². The average molecular weight is 1040 g/mol. The lowest BCUT2D eigenvalue weighted by Crippen LogP contribution is -2.02. The maximum atomic E-state index is 5.53. The zero-order chi connectivity index (χ0) is 52.4. The lowest BCUT2D eigenvalue weighted by atomic mass is 9.95. The number of hydrogen-bond donors (Lipinski definition) is 0. The number of thiophene rings is 1. The lowest BCUT2D eigenvalue weighted by molar-refractivity contribution is 1.07. The van der Waals surface area contributed by atoms with Crippen molar-refractivity contribution in [3.63, 3.8) is 0 Å². The smallest absolute Gasteiger partial charge is 0.164 e. The van der Waals surface area contributed by atoms with Crippen molar-refractivity contribution in [2.75, 3.05) is 0 Å². The van der Waals surface area contributed by atoms with Crippen molar-refractivity contribution in [2.45, 2.75) is 0 Å². The molecule has 0 saturated carbocycles. The molecule has 0 aliphatic carbocycles. The van der Waals surface area contributed by atoms with Crippen LogP contribution in [0.15, 0.2) is 267 Å². The first-order valence-electron chi connectivity index (χ1n) is 27.1. The van der Waals surface area contributed by atoms with E-state index in [1.165, 1.54) is 41.7 Å². The zero-order valence-corrected chi connectivity index (χ0v) is 43.8. The SMILES string of the molecule is c1ccc(-n2c3ccccc3c3cc(-c4nc(-c5ccc(-n6c7ccccc7c7cc8ccccc8cc76)c(-c6cccc7sc8ccccc8c67)c5)nc(-c5ccc6c(c5)c5ccccc5n6-c5ccccc5)n4)ccc32)cc1. The highest BCUT2D eigenvalue weighted by atomic mass is 32.1. The summed E-state index contributed by atoms with van der Waals surface area (Å²) >= 11 is 1.84. The highest BCUT2D eigenvalue weighted by Crippen LogP contribution is 2.46. The highest BCUT2D eigenvalue weighted by molar-refractivity contribution is 7.26. The Morgan fingerprint density at radius 2 is 0.700 bits per heavy atom. The van der Waals surface area contributed by atoms with E-state index < -0.39 is 0 Å². The Balaban J connectivity index is 0.934. The van der Waals surface area contributed by atoms with Gasteiger partial charge in [0.25, 0.3) is 0 Å². The molecule has 5 heterocycles. The van der Waals surface area contributed by atoms with Crippen LogP contribution in [0.5, 0.6) is 0 Å². The van der Waals surface area contributed by atoms with Gasteiger partial charge in [-0.25, -0.2) is 15.0 Å². The molecule has 0 spiro atoms. The van der Waals surface area contributed by atoms with Crippen molar-refractivity contribution < 1.29 is 0 Å². The summed E-state index contributed by atoms with van der Waals surface area (Å²) in [4.78, 5) is 16.5. The van der Waals surface area contributed by atoms with E-state index in [0.717, 1.165) is 99.5 Å². The van der Waals surface area contributed by atoms with Crippen LogP contribution in [0.25, 0.3) is 159 Å². The first-order chi connectivity index (χ1) is 39.7. The van der Waals surface area contributed by atoms with E-state index in [4.69, 9.17) is 15.0 Å². The Labute approximate surface area is 463 Å². The summed E-state index contributed by atoms with van der Waals surface area (Å²) in [5.74, 6) is 1.79. The predicted molar refractivity (Wildman–Crippen MR) is 335 cm³/mol. The van der Waals surface area contributed by atoms with Crippen LogP contribution >= 0.6 is 11.3 Å². The van der Waals surface area contributed by atoms with Crippen LogP contribution in [0.4, 0.5) is 0 Å². The molecule has 0 fully saturated rings. The Bertz CT molecular complexity index is 5200. The standard InChI is InChI=1S/C73H44N6S/c1-3-20-50(21-4-1)77-61-29-13-9-24-52(61)57-41-47(34-37-64(57)77)71-74-72(48-35-38-65-58(42-48)53-25-10-14-30-62(53)78(65)51-22-5-2-6-23-51)76-73(75-71)49-36-39-66(60(43-49)55-28-17-33-69-70(55)56-27-12-16-32-68(56)80-69)79-63-31-15-11-26-54(63)59-40-45-18-7-8-19-46(45)44-67(59)79/h1-44H. The summed E-state index contributed by atoms with van der Waals surface area (Å²) in [6.07, 6.45) is 0. The van der Waals surface area contributed by atoms with Gasteiger partial charge in [0.2, 0.25) is 0 Å². The minimum absolute atomic E-state index is 0.590. The number of benzene rings is 12. The van der Waals surface area contributed by atoms with Crippen molar-refractivity contribution >= 4 is 108 Å².